The van der Waals surface area contributed by atoms with Crippen LogP contribution in [0.2, 0.25) is 0 Å². The highest BCUT2D eigenvalue weighted by Gasteiger charge is 1.86. The summed E-state index contributed by atoms with van der Waals surface area (Å²) < 4.78 is 5.18. The maximum atomic E-state index is 5.25. The highest BCUT2D eigenvalue weighted by Crippen LogP contribution is 1.81. The number of nitrogens with one attached hydrogen (secondary N) is 1. The van der Waals surface area contributed by atoms with Gasteiger partial charge < -0.3 is 15.8 Å². The van der Waals surface area contributed by atoms with E-state index in [1.165, 1.54) is 12.8 Å². The normalized spacial score (nSPS) is 10.4. The van der Waals surface area contributed by atoms with Gasteiger partial charge in [-0.3, -0.25) is 0 Å². The molecule has 0 atom stereocenters. The van der Waals surface area contributed by atoms with E-state index in [0.717, 1.165) is 19.7 Å². The van der Waals surface area contributed by atoms with Crippen molar-refractivity contribution < 1.29 is 4.74 Å². The predicted octanol–water partition coefficient (Wildman–Crippen LogP) is 0.351. The second-order valence-electron chi connectivity index (χ2n) is 2.50. The van der Waals surface area contributed by atoms with E-state index in [9.17, 15) is 0 Å². The third-order valence-electron chi connectivity index (χ3n) is 1.39. The van der Waals surface area contributed by atoms with Crippen molar-refractivity contribution in [2.75, 3.05) is 32.8 Å². The largest absolute Gasteiger partial charge is 0.379 e. The molecule has 0 fully saturated rings. The Kier molecular flexibility index (Phi) is 9.77. The van der Waals surface area contributed by atoms with Crippen molar-refractivity contribution >= 4 is 0 Å². The average Bonchev–Trinajstić information content (AvgIpc) is 2.03. The van der Waals surface area contributed by atoms with E-state index in [4.69, 9.17) is 10.5 Å². The summed E-state index contributed by atoms with van der Waals surface area (Å²) >= 11 is 0. The van der Waals surface area contributed by atoms with Gasteiger partial charge in [0.05, 0.1) is 13.2 Å². The second-order valence-corrected chi connectivity index (χ2v) is 2.50. The molecule has 0 spiro atoms. The molecule has 3 heteroatoms. The highest BCUT2D eigenvalue weighted by atomic mass is 16.5. The lowest BCUT2D eigenvalue weighted by atomic mass is 10.3. The van der Waals surface area contributed by atoms with Gasteiger partial charge in [-0.2, -0.15) is 0 Å². The van der Waals surface area contributed by atoms with Gasteiger partial charge >= 0.3 is 0 Å². The van der Waals surface area contributed by atoms with Crippen LogP contribution in [0.4, 0.5) is 0 Å². The molecule has 0 heterocycles. The standard InChI is InChI=1S/C8H20N2O/c1-2-3-5-10-6-8-11-7-4-9/h10H,2-9H2,1H3. The van der Waals surface area contributed by atoms with E-state index in [1.54, 1.807) is 0 Å². The van der Waals surface area contributed by atoms with Gasteiger partial charge in [-0.05, 0) is 13.0 Å². The van der Waals surface area contributed by atoms with Crippen LogP contribution in [0.25, 0.3) is 0 Å². The van der Waals surface area contributed by atoms with E-state index < -0.39 is 0 Å². The fourth-order valence-electron chi connectivity index (χ4n) is 0.757. The van der Waals surface area contributed by atoms with Crippen molar-refractivity contribution in [3.05, 3.63) is 0 Å². The Hall–Kier alpha value is -0.120. The summed E-state index contributed by atoms with van der Waals surface area (Å²) in [4.78, 5) is 0. The van der Waals surface area contributed by atoms with Crippen LogP contribution in [0.1, 0.15) is 19.8 Å². The first kappa shape index (κ1) is 10.9. The number of hydrogen-bond acceptors (Lipinski definition) is 3. The van der Waals surface area contributed by atoms with Crippen LogP contribution in [0.5, 0.6) is 0 Å². The summed E-state index contributed by atoms with van der Waals surface area (Å²) in [5.74, 6) is 0. The average molecular weight is 160 g/mol. The zero-order valence-electron chi connectivity index (χ0n) is 7.44. The summed E-state index contributed by atoms with van der Waals surface area (Å²) in [5.41, 5.74) is 5.25. The van der Waals surface area contributed by atoms with Crippen LogP contribution in [0.3, 0.4) is 0 Å². The number of unbranched alkanes of at least 4 members (excludes halogenated alkanes) is 1. The summed E-state index contributed by atoms with van der Waals surface area (Å²) in [5, 5.41) is 3.28. The van der Waals surface area contributed by atoms with Crippen LogP contribution in [-0.4, -0.2) is 32.8 Å². The fraction of sp³-hybridized carbons (Fsp3) is 1.00. The molecule has 0 aliphatic rings. The lowest BCUT2D eigenvalue weighted by Gasteiger charge is -2.03. The topological polar surface area (TPSA) is 47.3 Å². The van der Waals surface area contributed by atoms with Gasteiger partial charge in [-0.25, -0.2) is 0 Å². The van der Waals surface area contributed by atoms with Crippen molar-refractivity contribution in [3.8, 4) is 0 Å². The first-order valence-electron chi connectivity index (χ1n) is 4.40. The molecule has 0 aliphatic heterocycles. The molecule has 0 bridgehead atoms. The molecule has 0 saturated heterocycles. The maximum Gasteiger partial charge on any atom is 0.0591 e. The van der Waals surface area contributed by atoms with Gasteiger partial charge in [0.25, 0.3) is 0 Å². The molecular weight excluding hydrogens is 140 g/mol. The second kappa shape index (κ2) is 9.88. The number of nitrogens with two attached hydrogens (primary N) is 1. The Labute approximate surface area is 69.3 Å². The molecule has 0 amide bonds. The van der Waals surface area contributed by atoms with Gasteiger partial charge in [0.2, 0.25) is 0 Å². The zero-order chi connectivity index (χ0) is 8.36. The Morgan fingerprint density at radius 2 is 2.09 bits per heavy atom. The number of rotatable bonds is 8. The van der Waals surface area contributed by atoms with Crippen molar-refractivity contribution in [1.29, 1.82) is 0 Å². The zero-order valence-corrected chi connectivity index (χ0v) is 7.44. The molecule has 0 saturated carbocycles. The molecule has 0 aromatic heterocycles. The molecule has 3 N–H and O–H groups in total. The van der Waals surface area contributed by atoms with E-state index in [1.807, 2.05) is 0 Å². The minimum atomic E-state index is 0.620. The summed E-state index contributed by atoms with van der Waals surface area (Å²) in [6.45, 7) is 6.31. The summed E-state index contributed by atoms with van der Waals surface area (Å²) in [6, 6.07) is 0. The van der Waals surface area contributed by atoms with Crippen molar-refractivity contribution in [2.24, 2.45) is 5.73 Å². The predicted molar refractivity (Wildman–Crippen MR) is 47.7 cm³/mol. The first-order chi connectivity index (χ1) is 5.41. The third-order valence-corrected chi connectivity index (χ3v) is 1.39. The Morgan fingerprint density at radius 1 is 1.27 bits per heavy atom. The van der Waals surface area contributed by atoms with Crippen molar-refractivity contribution in [2.45, 2.75) is 19.8 Å². The lowest BCUT2D eigenvalue weighted by molar-refractivity contribution is 0.143. The SMILES string of the molecule is CCCCNCCOCCN. The highest BCUT2D eigenvalue weighted by molar-refractivity contribution is 4.45. The number of hydrogen-bond donors (Lipinski definition) is 2. The Morgan fingerprint density at radius 3 is 2.73 bits per heavy atom. The Bertz CT molecular complexity index is 61.1. The smallest absolute Gasteiger partial charge is 0.0591 e. The Balaban J connectivity index is 2.69. The van der Waals surface area contributed by atoms with E-state index >= 15 is 0 Å². The molecule has 11 heavy (non-hydrogen) atoms. The van der Waals surface area contributed by atoms with E-state index in [2.05, 4.69) is 12.2 Å². The van der Waals surface area contributed by atoms with E-state index in [0.29, 0.717) is 13.2 Å². The minimum Gasteiger partial charge on any atom is -0.379 e. The molecule has 0 unspecified atom stereocenters. The third kappa shape index (κ3) is 9.88. The van der Waals surface area contributed by atoms with Gasteiger partial charge in [-0.1, -0.05) is 13.3 Å². The molecule has 3 nitrogen and oxygen atoms in total. The molecule has 68 valence electrons. The quantitative estimate of drug-likeness (QED) is 0.504. The van der Waals surface area contributed by atoms with Crippen LogP contribution < -0.4 is 11.1 Å². The maximum absolute atomic E-state index is 5.25. The molecule has 0 radical (unpaired) electrons. The molecule has 0 aromatic rings. The first-order valence-corrected chi connectivity index (χ1v) is 4.40. The summed E-state index contributed by atoms with van der Waals surface area (Å²) in [6.07, 6.45) is 2.49. The van der Waals surface area contributed by atoms with Crippen LogP contribution in [-0.2, 0) is 4.74 Å². The monoisotopic (exact) mass is 160 g/mol. The van der Waals surface area contributed by atoms with Crippen LogP contribution in [0.15, 0.2) is 0 Å². The van der Waals surface area contributed by atoms with Gasteiger partial charge in [0.15, 0.2) is 0 Å². The lowest BCUT2D eigenvalue weighted by Crippen LogP contribution is -2.22. The molecule has 0 aromatic carbocycles. The van der Waals surface area contributed by atoms with Crippen LogP contribution in [0, 0.1) is 0 Å². The molecular formula is C8H20N2O. The number of ether oxygens (including phenoxy) is 1. The van der Waals surface area contributed by atoms with Gasteiger partial charge in [0.1, 0.15) is 0 Å². The van der Waals surface area contributed by atoms with Crippen molar-refractivity contribution in [3.63, 3.8) is 0 Å². The fourth-order valence-corrected chi connectivity index (χ4v) is 0.757. The van der Waals surface area contributed by atoms with Crippen LogP contribution >= 0.6 is 0 Å². The van der Waals surface area contributed by atoms with Gasteiger partial charge in [0, 0.05) is 13.1 Å². The molecule has 0 rings (SSSR count). The van der Waals surface area contributed by atoms with Crippen molar-refractivity contribution in [1.82, 2.24) is 5.32 Å². The summed E-state index contributed by atoms with van der Waals surface area (Å²) in [7, 11) is 0. The minimum absolute atomic E-state index is 0.620. The van der Waals surface area contributed by atoms with Gasteiger partial charge in [-0.15, -0.1) is 0 Å². The van der Waals surface area contributed by atoms with E-state index in [-0.39, 0.29) is 0 Å². The molecule has 0 aliphatic carbocycles.